The van der Waals surface area contributed by atoms with Gasteiger partial charge in [-0.15, -0.1) is 0 Å². The van der Waals surface area contributed by atoms with Gasteiger partial charge in [-0.1, -0.05) is 18.2 Å². The number of ether oxygens (including phenoxy) is 3. The number of carbonyl (C=O) groups excluding carboxylic acids is 1. The molecule has 1 aliphatic heterocycles. The summed E-state index contributed by atoms with van der Waals surface area (Å²) < 4.78 is 16.5. The minimum atomic E-state index is -0.705. The fraction of sp³-hybridized carbons (Fsp3) is 0.235. The Morgan fingerprint density at radius 3 is 2.71 bits per heavy atom. The molecule has 1 aliphatic rings. The third-order valence-electron chi connectivity index (χ3n) is 3.67. The third kappa shape index (κ3) is 3.69. The van der Waals surface area contributed by atoms with Crippen molar-refractivity contribution in [2.45, 2.75) is 19.3 Å². The first-order chi connectivity index (χ1) is 11.7. The third-order valence-corrected chi connectivity index (χ3v) is 3.67. The minimum Gasteiger partial charge on any atom is -0.497 e. The van der Waals surface area contributed by atoms with Crippen molar-refractivity contribution in [3.63, 3.8) is 0 Å². The van der Waals surface area contributed by atoms with Gasteiger partial charge in [-0.2, -0.15) is 0 Å². The Balaban J connectivity index is 1.59. The van der Waals surface area contributed by atoms with E-state index in [0.717, 1.165) is 16.9 Å². The van der Waals surface area contributed by atoms with Gasteiger partial charge in [0.2, 0.25) is 0 Å². The van der Waals surface area contributed by atoms with Gasteiger partial charge >= 0.3 is 6.03 Å². The van der Waals surface area contributed by atoms with Crippen LogP contribution in [0.5, 0.6) is 17.2 Å². The van der Waals surface area contributed by atoms with Gasteiger partial charge in [-0.05, 0) is 23.8 Å². The van der Waals surface area contributed by atoms with Gasteiger partial charge in [0, 0.05) is 18.1 Å². The van der Waals surface area contributed by atoms with E-state index in [1.54, 1.807) is 13.2 Å². The normalized spacial score (nSPS) is 15.2. The maximum absolute atomic E-state index is 11.1. The molecule has 0 radical (unpaired) electrons. The molecule has 0 bridgehead atoms. The first-order valence-corrected chi connectivity index (χ1v) is 7.44. The van der Waals surface area contributed by atoms with Gasteiger partial charge in [0.05, 0.1) is 7.11 Å². The molecular weight excluding hydrogens is 312 g/mol. The summed E-state index contributed by atoms with van der Waals surface area (Å²) in [5, 5.41) is 11.0. The van der Waals surface area contributed by atoms with Crippen molar-refractivity contribution in [2.75, 3.05) is 7.11 Å². The lowest BCUT2D eigenvalue weighted by molar-refractivity contribution is 0.137. The number of hydroxylamine groups is 1. The smallest absolute Gasteiger partial charge is 0.341 e. The molecule has 7 heteroatoms. The van der Waals surface area contributed by atoms with Crippen LogP contribution in [0.4, 0.5) is 4.79 Å². The molecule has 0 saturated heterocycles. The van der Waals surface area contributed by atoms with E-state index in [0.29, 0.717) is 24.5 Å². The average Bonchev–Trinajstić information content (AvgIpc) is 3.01. The van der Waals surface area contributed by atoms with Gasteiger partial charge in [0.1, 0.15) is 23.9 Å². The van der Waals surface area contributed by atoms with Crippen molar-refractivity contribution in [3.8, 4) is 17.2 Å². The highest BCUT2D eigenvalue weighted by atomic mass is 16.5. The molecule has 0 saturated carbocycles. The van der Waals surface area contributed by atoms with E-state index in [-0.39, 0.29) is 0 Å². The van der Waals surface area contributed by atoms with E-state index in [4.69, 9.17) is 19.4 Å². The Morgan fingerprint density at radius 2 is 2.00 bits per heavy atom. The summed E-state index contributed by atoms with van der Waals surface area (Å²) in [6.07, 6.45) is 0.0191. The van der Waals surface area contributed by atoms with Crippen LogP contribution in [-0.4, -0.2) is 24.6 Å². The summed E-state index contributed by atoms with van der Waals surface area (Å²) in [6, 6.07) is 12.5. The topological polar surface area (TPSA) is 89.0 Å². The SMILES string of the molecule is COc1ccc(COc2ccc3c(c2)OC(NC(=O)NO)C3)cc1. The molecule has 3 N–H and O–H groups in total. The van der Waals surface area contributed by atoms with Crippen LogP contribution in [0, 0.1) is 0 Å². The second-order valence-corrected chi connectivity index (χ2v) is 5.30. The lowest BCUT2D eigenvalue weighted by atomic mass is 10.1. The molecule has 0 aliphatic carbocycles. The summed E-state index contributed by atoms with van der Waals surface area (Å²) in [4.78, 5) is 11.1. The monoisotopic (exact) mass is 330 g/mol. The van der Waals surface area contributed by atoms with E-state index in [1.165, 1.54) is 5.48 Å². The molecule has 1 unspecified atom stereocenters. The van der Waals surface area contributed by atoms with Crippen molar-refractivity contribution in [1.82, 2.24) is 10.8 Å². The predicted molar refractivity (Wildman–Crippen MR) is 85.3 cm³/mol. The van der Waals surface area contributed by atoms with Crippen LogP contribution in [0.25, 0.3) is 0 Å². The van der Waals surface area contributed by atoms with Crippen LogP contribution in [0.1, 0.15) is 11.1 Å². The number of urea groups is 1. The van der Waals surface area contributed by atoms with Gasteiger partial charge in [0.25, 0.3) is 0 Å². The maximum atomic E-state index is 11.1. The zero-order valence-corrected chi connectivity index (χ0v) is 13.1. The lowest BCUT2D eigenvalue weighted by Crippen LogP contribution is -2.43. The van der Waals surface area contributed by atoms with E-state index < -0.39 is 12.3 Å². The fourth-order valence-electron chi connectivity index (χ4n) is 2.45. The number of benzene rings is 2. The molecular formula is C17H18N2O5. The standard InChI is InChI=1S/C17H18N2O5/c1-22-13-5-2-11(3-6-13)10-23-14-7-4-12-8-16(18-17(20)19-21)24-15(12)9-14/h2-7,9,16,21H,8,10H2,1H3,(H2,18,19,20). The Morgan fingerprint density at radius 1 is 1.25 bits per heavy atom. The fourth-order valence-corrected chi connectivity index (χ4v) is 2.45. The summed E-state index contributed by atoms with van der Waals surface area (Å²) in [7, 11) is 1.63. The highest BCUT2D eigenvalue weighted by molar-refractivity contribution is 5.72. The van der Waals surface area contributed by atoms with Crippen LogP contribution in [0.3, 0.4) is 0 Å². The highest BCUT2D eigenvalue weighted by Crippen LogP contribution is 2.32. The number of methoxy groups -OCH3 is 1. The molecule has 0 spiro atoms. The van der Waals surface area contributed by atoms with E-state index in [2.05, 4.69) is 5.32 Å². The van der Waals surface area contributed by atoms with Crippen LogP contribution < -0.4 is 25.0 Å². The first-order valence-electron chi connectivity index (χ1n) is 7.44. The molecule has 0 aromatic heterocycles. The summed E-state index contributed by atoms with van der Waals surface area (Å²) in [5.41, 5.74) is 3.51. The van der Waals surface area contributed by atoms with Crippen molar-refractivity contribution < 1.29 is 24.2 Å². The van der Waals surface area contributed by atoms with Crippen molar-refractivity contribution in [1.29, 1.82) is 0 Å². The van der Waals surface area contributed by atoms with Crippen LogP contribution in [0.2, 0.25) is 0 Å². The van der Waals surface area contributed by atoms with Gasteiger partial charge in [0.15, 0.2) is 6.23 Å². The molecule has 3 rings (SSSR count). The van der Waals surface area contributed by atoms with E-state index in [9.17, 15) is 4.79 Å². The molecule has 2 aromatic rings. The minimum absolute atomic E-state index is 0.428. The summed E-state index contributed by atoms with van der Waals surface area (Å²) >= 11 is 0. The van der Waals surface area contributed by atoms with Gasteiger partial charge in [-0.3, -0.25) is 5.21 Å². The zero-order valence-electron chi connectivity index (χ0n) is 13.1. The zero-order chi connectivity index (χ0) is 16.9. The molecule has 0 fully saturated rings. The van der Waals surface area contributed by atoms with Crippen molar-refractivity contribution in [2.24, 2.45) is 0 Å². The predicted octanol–water partition coefficient (Wildman–Crippen LogP) is 2.22. The van der Waals surface area contributed by atoms with E-state index in [1.807, 2.05) is 36.4 Å². The van der Waals surface area contributed by atoms with E-state index >= 15 is 0 Å². The maximum Gasteiger partial charge on any atom is 0.341 e. The second kappa shape index (κ2) is 7.10. The Hall–Kier alpha value is -2.93. The highest BCUT2D eigenvalue weighted by Gasteiger charge is 2.24. The lowest BCUT2D eigenvalue weighted by Gasteiger charge is -2.12. The molecule has 2 amide bonds. The molecule has 24 heavy (non-hydrogen) atoms. The number of hydrogen-bond donors (Lipinski definition) is 3. The molecule has 126 valence electrons. The Kier molecular flexibility index (Phi) is 4.72. The molecule has 2 aromatic carbocycles. The number of fused-ring (bicyclic) bond motifs is 1. The first kappa shape index (κ1) is 15.9. The second-order valence-electron chi connectivity index (χ2n) is 5.30. The van der Waals surface area contributed by atoms with Gasteiger partial charge < -0.3 is 19.5 Å². The van der Waals surface area contributed by atoms with Crippen molar-refractivity contribution in [3.05, 3.63) is 53.6 Å². The molecule has 7 nitrogen and oxygen atoms in total. The molecule has 1 heterocycles. The number of carbonyl (C=O) groups is 1. The van der Waals surface area contributed by atoms with Crippen molar-refractivity contribution >= 4 is 6.03 Å². The Bertz CT molecular complexity index is 717. The quantitative estimate of drug-likeness (QED) is 0.578. The molecule has 1 atom stereocenters. The largest absolute Gasteiger partial charge is 0.497 e. The van der Waals surface area contributed by atoms with Gasteiger partial charge in [-0.25, -0.2) is 10.3 Å². The summed E-state index contributed by atoms with van der Waals surface area (Å²) in [5.74, 6) is 2.14. The van der Waals surface area contributed by atoms with Crippen LogP contribution in [-0.2, 0) is 13.0 Å². The number of rotatable bonds is 5. The average molecular weight is 330 g/mol. The number of nitrogens with one attached hydrogen (secondary N) is 2. The Labute approximate surface area is 139 Å². The van der Waals surface area contributed by atoms with Crippen LogP contribution >= 0.6 is 0 Å². The van der Waals surface area contributed by atoms with Crippen LogP contribution in [0.15, 0.2) is 42.5 Å². The number of hydrogen-bond acceptors (Lipinski definition) is 5. The summed E-state index contributed by atoms with van der Waals surface area (Å²) in [6.45, 7) is 0.428. The number of amides is 2.